The molecule has 0 aliphatic carbocycles. The lowest BCUT2D eigenvalue weighted by Crippen LogP contribution is -2.46. The Morgan fingerprint density at radius 1 is 1.44 bits per heavy atom. The van der Waals surface area contributed by atoms with E-state index >= 15 is 0 Å². The Hall–Kier alpha value is -1.82. The molecule has 0 saturated carbocycles. The first kappa shape index (κ1) is 12.6. The van der Waals surface area contributed by atoms with Gasteiger partial charge in [0.25, 0.3) is 0 Å². The molecule has 98 valence electrons. The van der Waals surface area contributed by atoms with Gasteiger partial charge in [0, 0.05) is 0 Å². The van der Waals surface area contributed by atoms with Crippen LogP contribution in [0.25, 0.3) is 0 Å². The second-order valence-corrected chi connectivity index (χ2v) is 4.29. The van der Waals surface area contributed by atoms with Crippen molar-refractivity contribution in [3.8, 4) is 0 Å². The van der Waals surface area contributed by atoms with Gasteiger partial charge >= 0.3 is 5.97 Å². The number of rotatable bonds is 4. The molecule has 0 unspecified atom stereocenters. The van der Waals surface area contributed by atoms with Crippen LogP contribution < -0.4 is 10.6 Å². The van der Waals surface area contributed by atoms with Crippen molar-refractivity contribution in [2.24, 2.45) is 0 Å². The summed E-state index contributed by atoms with van der Waals surface area (Å²) in [5.41, 5.74) is 0. The van der Waals surface area contributed by atoms with Crippen molar-refractivity contribution >= 4 is 11.9 Å². The summed E-state index contributed by atoms with van der Waals surface area (Å²) in [5, 5.41) is 14.6. The largest absolute Gasteiger partial charge is 0.475 e. The highest BCUT2D eigenvalue weighted by Crippen LogP contribution is 2.09. The average Bonchev–Trinajstić information content (AvgIpc) is 2.86. The van der Waals surface area contributed by atoms with E-state index in [2.05, 4.69) is 10.6 Å². The Kier molecular flexibility index (Phi) is 3.99. The molecule has 1 amide bonds. The van der Waals surface area contributed by atoms with Crippen LogP contribution in [-0.2, 0) is 11.3 Å². The molecular weight excluding hydrogens is 236 g/mol. The van der Waals surface area contributed by atoms with Crippen molar-refractivity contribution in [1.29, 1.82) is 0 Å². The fraction of sp³-hybridized carbons (Fsp3) is 0.500. The lowest BCUT2D eigenvalue weighted by molar-refractivity contribution is -0.123. The summed E-state index contributed by atoms with van der Waals surface area (Å²) in [4.78, 5) is 22.4. The molecule has 0 radical (unpaired) electrons. The number of amides is 1. The summed E-state index contributed by atoms with van der Waals surface area (Å²) >= 11 is 0. The van der Waals surface area contributed by atoms with Gasteiger partial charge < -0.3 is 20.2 Å². The maximum Gasteiger partial charge on any atom is 0.371 e. The van der Waals surface area contributed by atoms with E-state index in [-0.39, 0.29) is 24.3 Å². The molecule has 0 aromatic carbocycles. The Morgan fingerprint density at radius 2 is 2.28 bits per heavy atom. The lowest BCUT2D eigenvalue weighted by atomic mass is 10.0. The smallest absolute Gasteiger partial charge is 0.371 e. The van der Waals surface area contributed by atoms with Crippen LogP contribution in [-0.4, -0.2) is 29.6 Å². The number of nitrogens with one attached hydrogen (secondary N) is 2. The molecule has 1 saturated heterocycles. The van der Waals surface area contributed by atoms with E-state index in [4.69, 9.17) is 9.52 Å². The third-order valence-corrected chi connectivity index (χ3v) is 2.94. The minimum absolute atomic E-state index is 0.0667. The molecule has 1 atom stereocenters. The quantitative estimate of drug-likeness (QED) is 0.735. The second kappa shape index (κ2) is 5.68. The van der Waals surface area contributed by atoms with Crippen LogP contribution in [0.5, 0.6) is 0 Å². The monoisotopic (exact) mass is 252 g/mol. The van der Waals surface area contributed by atoms with Gasteiger partial charge in [0.05, 0.1) is 12.6 Å². The normalized spacial score (nSPS) is 19.4. The van der Waals surface area contributed by atoms with E-state index < -0.39 is 5.97 Å². The van der Waals surface area contributed by atoms with Crippen molar-refractivity contribution in [3.05, 3.63) is 23.7 Å². The van der Waals surface area contributed by atoms with E-state index in [1.165, 1.54) is 6.07 Å². The third-order valence-electron chi connectivity index (χ3n) is 2.94. The van der Waals surface area contributed by atoms with Gasteiger partial charge in [-0.3, -0.25) is 4.79 Å². The van der Waals surface area contributed by atoms with E-state index in [0.717, 1.165) is 25.8 Å². The van der Waals surface area contributed by atoms with Crippen LogP contribution in [0, 0.1) is 0 Å². The van der Waals surface area contributed by atoms with Crippen molar-refractivity contribution in [1.82, 2.24) is 10.6 Å². The maximum absolute atomic E-state index is 11.8. The summed E-state index contributed by atoms with van der Waals surface area (Å²) in [7, 11) is 0. The predicted molar refractivity (Wildman–Crippen MR) is 63.2 cm³/mol. The molecule has 0 bridgehead atoms. The molecule has 0 spiro atoms. The standard InChI is InChI=1S/C12H16N2O4/c15-11(9-3-1-2-6-13-9)14-7-8-4-5-10(18-8)12(16)17/h4-5,9,13H,1-3,6-7H2,(H,14,15)(H,16,17)/t9-/m1/s1. The number of aromatic carboxylic acids is 1. The minimum Gasteiger partial charge on any atom is -0.475 e. The first-order valence-electron chi connectivity index (χ1n) is 6.00. The maximum atomic E-state index is 11.8. The average molecular weight is 252 g/mol. The topological polar surface area (TPSA) is 91.6 Å². The van der Waals surface area contributed by atoms with Crippen molar-refractivity contribution < 1.29 is 19.1 Å². The molecular formula is C12H16N2O4. The van der Waals surface area contributed by atoms with Crippen LogP contribution in [0.3, 0.4) is 0 Å². The van der Waals surface area contributed by atoms with Gasteiger partial charge in [-0.2, -0.15) is 0 Å². The number of furan rings is 1. The number of piperidine rings is 1. The first-order valence-corrected chi connectivity index (χ1v) is 6.00. The van der Waals surface area contributed by atoms with Gasteiger partial charge in [0.15, 0.2) is 0 Å². The number of carbonyl (C=O) groups excluding carboxylic acids is 1. The molecule has 1 aromatic heterocycles. The van der Waals surface area contributed by atoms with Gasteiger partial charge in [-0.05, 0) is 31.5 Å². The second-order valence-electron chi connectivity index (χ2n) is 4.29. The van der Waals surface area contributed by atoms with E-state index in [9.17, 15) is 9.59 Å². The molecule has 6 nitrogen and oxygen atoms in total. The van der Waals surface area contributed by atoms with Crippen LogP contribution in [0.1, 0.15) is 35.6 Å². The molecule has 6 heteroatoms. The predicted octanol–water partition coefficient (Wildman–Crippen LogP) is 0.736. The number of carboxylic acids is 1. The van der Waals surface area contributed by atoms with Crippen LogP contribution >= 0.6 is 0 Å². The lowest BCUT2D eigenvalue weighted by Gasteiger charge is -2.22. The van der Waals surface area contributed by atoms with Crippen LogP contribution in [0.2, 0.25) is 0 Å². The fourth-order valence-electron chi connectivity index (χ4n) is 1.96. The van der Waals surface area contributed by atoms with Crippen molar-refractivity contribution in [2.75, 3.05) is 6.54 Å². The summed E-state index contributed by atoms with van der Waals surface area (Å²) in [6.45, 7) is 1.08. The first-order chi connectivity index (χ1) is 8.66. The van der Waals surface area contributed by atoms with Gasteiger partial charge in [0.2, 0.25) is 11.7 Å². The molecule has 3 N–H and O–H groups in total. The number of hydrogen-bond acceptors (Lipinski definition) is 4. The highest BCUT2D eigenvalue weighted by Gasteiger charge is 2.20. The SMILES string of the molecule is O=C(O)c1ccc(CNC(=O)[C@H]2CCCCN2)o1. The summed E-state index contributed by atoms with van der Waals surface area (Å²) < 4.78 is 5.05. The number of carbonyl (C=O) groups is 2. The molecule has 1 aromatic rings. The zero-order valence-electron chi connectivity index (χ0n) is 9.94. The minimum atomic E-state index is -1.11. The van der Waals surface area contributed by atoms with Crippen molar-refractivity contribution in [3.63, 3.8) is 0 Å². The van der Waals surface area contributed by atoms with E-state index in [0.29, 0.717) is 5.76 Å². The Bertz CT molecular complexity index is 435. The van der Waals surface area contributed by atoms with E-state index in [1.54, 1.807) is 6.07 Å². The molecule has 2 rings (SSSR count). The van der Waals surface area contributed by atoms with Gasteiger partial charge in [-0.25, -0.2) is 4.79 Å². The van der Waals surface area contributed by atoms with E-state index in [1.807, 2.05) is 0 Å². The molecule has 18 heavy (non-hydrogen) atoms. The zero-order chi connectivity index (χ0) is 13.0. The summed E-state index contributed by atoms with van der Waals surface area (Å²) in [6.07, 6.45) is 2.99. The van der Waals surface area contributed by atoms with Crippen molar-refractivity contribution in [2.45, 2.75) is 31.8 Å². The Labute approximate surface area is 104 Å². The fourth-order valence-corrected chi connectivity index (χ4v) is 1.96. The molecule has 1 aliphatic heterocycles. The highest BCUT2D eigenvalue weighted by molar-refractivity contribution is 5.84. The summed E-state index contributed by atoms with van der Waals surface area (Å²) in [5.74, 6) is -0.851. The summed E-state index contributed by atoms with van der Waals surface area (Å²) in [6, 6.07) is 2.79. The Morgan fingerprint density at radius 3 is 2.89 bits per heavy atom. The Balaban J connectivity index is 1.82. The third kappa shape index (κ3) is 3.10. The van der Waals surface area contributed by atoms with Gasteiger partial charge in [-0.1, -0.05) is 6.42 Å². The van der Waals surface area contributed by atoms with Crippen LogP contribution in [0.15, 0.2) is 16.5 Å². The number of carboxylic acid groups (broad SMARTS) is 1. The highest BCUT2D eigenvalue weighted by atomic mass is 16.4. The molecule has 1 aliphatic rings. The van der Waals surface area contributed by atoms with Gasteiger partial charge in [-0.15, -0.1) is 0 Å². The zero-order valence-corrected chi connectivity index (χ0v) is 9.94. The molecule has 2 heterocycles. The van der Waals surface area contributed by atoms with Crippen LogP contribution in [0.4, 0.5) is 0 Å². The molecule has 1 fully saturated rings. The number of hydrogen-bond donors (Lipinski definition) is 3. The van der Waals surface area contributed by atoms with Gasteiger partial charge in [0.1, 0.15) is 5.76 Å².